The lowest BCUT2D eigenvalue weighted by Gasteiger charge is -2.45. The van der Waals surface area contributed by atoms with Gasteiger partial charge in [-0.25, -0.2) is 4.39 Å². The van der Waals surface area contributed by atoms with Crippen LogP contribution in [-0.4, -0.2) is 35.4 Å². The minimum absolute atomic E-state index is 0.201. The van der Waals surface area contributed by atoms with Crippen LogP contribution in [0, 0.1) is 5.82 Å². The molecule has 2 N–H and O–H groups in total. The number of anilines is 2. The molecule has 0 unspecified atom stereocenters. The first-order valence-corrected chi connectivity index (χ1v) is 12.8. The molecule has 4 aromatic rings. The standard InChI is InChI=1S/C30H26ClFN4O2/c31-21-9-14-24-25(16-18-34-26(24)19-21)33-17-4-7-28(37)35-29-27(15-8-20-5-2-1-3-6-20)36(30(29)38)23-12-10-22(32)11-13-23/h1-3,5-6,8-16,18-19,27,29H,4,7,17H2,(H,33,34)(H,35,37)/b15-8+/t27-,29+/m0/s1. The Labute approximate surface area is 225 Å². The molecule has 0 spiro atoms. The van der Waals surface area contributed by atoms with Crippen molar-refractivity contribution in [3.05, 3.63) is 108 Å². The Hall–Kier alpha value is -4.23. The minimum Gasteiger partial charge on any atom is -0.384 e. The molecular weight excluding hydrogens is 503 g/mol. The second kappa shape index (κ2) is 11.4. The van der Waals surface area contributed by atoms with Crippen LogP contribution in [0.2, 0.25) is 5.02 Å². The Balaban J connectivity index is 1.20. The third kappa shape index (κ3) is 5.68. The van der Waals surface area contributed by atoms with Crippen LogP contribution in [0.1, 0.15) is 18.4 Å². The highest BCUT2D eigenvalue weighted by atomic mass is 35.5. The van der Waals surface area contributed by atoms with Crippen LogP contribution in [0.4, 0.5) is 15.8 Å². The summed E-state index contributed by atoms with van der Waals surface area (Å²) in [5, 5.41) is 7.82. The molecule has 2 amide bonds. The number of benzene rings is 3. The molecule has 5 rings (SSSR count). The molecule has 8 heteroatoms. The Morgan fingerprint density at radius 3 is 2.63 bits per heavy atom. The third-order valence-corrected chi connectivity index (χ3v) is 6.69. The van der Waals surface area contributed by atoms with Gasteiger partial charge in [-0.15, -0.1) is 0 Å². The van der Waals surface area contributed by atoms with E-state index in [1.54, 1.807) is 23.2 Å². The summed E-state index contributed by atoms with van der Waals surface area (Å²) in [6.45, 7) is 0.576. The maximum atomic E-state index is 13.4. The molecule has 2 heterocycles. The quantitative estimate of drug-likeness (QED) is 0.212. The molecule has 0 radical (unpaired) electrons. The lowest BCUT2D eigenvalue weighted by atomic mass is 9.92. The molecule has 2 atom stereocenters. The fourth-order valence-corrected chi connectivity index (χ4v) is 4.69. The summed E-state index contributed by atoms with van der Waals surface area (Å²) >= 11 is 6.06. The number of halogens is 2. The first-order valence-electron chi connectivity index (χ1n) is 12.4. The highest BCUT2D eigenvalue weighted by Crippen LogP contribution is 2.30. The van der Waals surface area contributed by atoms with Crippen molar-refractivity contribution in [2.45, 2.75) is 24.9 Å². The van der Waals surface area contributed by atoms with Gasteiger partial charge in [-0.05, 0) is 60.5 Å². The van der Waals surface area contributed by atoms with Gasteiger partial charge in [0.1, 0.15) is 11.9 Å². The fourth-order valence-electron chi connectivity index (χ4n) is 4.52. The molecule has 1 aliphatic heterocycles. The van der Waals surface area contributed by atoms with Crippen molar-refractivity contribution >= 4 is 51.8 Å². The van der Waals surface area contributed by atoms with Gasteiger partial charge >= 0.3 is 0 Å². The van der Waals surface area contributed by atoms with E-state index in [2.05, 4.69) is 15.6 Å². The molecular formula is C30H26ClFN4O2. The number of nitrogens with zero attached hydrogens (tertiary/aromatic N) is 2. The maximum absolute atomic E-state index is 13.4. The number of carbonyl (C=O) groups excluding carboxylic acids is 2. The smallest absolute Gasteiger partial charge is 0.252 e. The summed E-state index contributed by atoms with van der Waals surface area (Å²) in [5.41, 5.74) is 3.28. The zero-order chi connectivity index (χ0) is 26.5. The first kappa shape index (κ1) is 25.4. The fraction of sp³-hybridized carbons (Fsp3) is 0.167. The van der Waals surface area contributed by atoms with Crippen LogP contribution >= 0.6 is 11.6 Å². The van der Waals surface area contributed by atoms with Gasteiger partial charge in [0.2, 0.25) is 5.91 Å². The van der Waals surface area contributed by atoms with Crippen molar-refractivity contribution in [3.63, 3.8) is 0 Å². The van der Waals surface area contributed by atoms with E-state index in [1.165, 1.54) is 12.1 Å². The lowest BCUT2D eigenvalue weighted by Crippen LogP contribution is -2.70. The highest BCUT2D eigenvalue weighted by Gasteiger charge is 2.47. The zero-order valence-electron chi connectivity index (χ0n) is 20.5. The molecule has 0 bridgehead atoms. The monoisotopic (exact) mass is 528 g/mol. The molecule has 1 aliphatic rings. The number of fused-ring (bicyclic) bond motifs is 1. The molecule has 0 aliphatic carbocycles. The van der Waals surface area contributed by atoms with Crippen LogP contribution in [0.25, 0.3) is 17.0 Å². The van der Waals surface area contributed by atoms with Gasteiger partial charge in [-0.2, -0.15) is 0 Å². The predicted molar refractivity (Wildman–Crippen MR) is 150 cm³/mol. The van der Waals surface area contributed by atoms with E-state index in [1.807, 2.05) is 66.7 Å². The topological polar surface area (TPSA) is 74.3 Å². The minimum atomic E-state index is -0.686. The number of carbonyl (C=O) groups is 2. The summed E-state index contributed by atoms with van der Waals surface area (Å²) in [6.07, 6.45) is 6.37. The number of β-lactam (4-membered cyclic amide) rings is 1. The number of hydrogen-bond donors (Lipinski definition) is 2. The van der Waals surface area contributed by atoms with Gasteiger partial charge < -0.3 is 15.5 Å². The van der Waals surface area contributed by atoms with Crippen LogP contribution in [0.5, 0.6) is 0 Å². The van der Waals surface area contributed by atoms with E-state index in [4.69, 9.17) is 11.6 Å². The number of pyridine rings is 1. The maximum Gasteiger partial charge on any atom is 0.252 e. The van der Waals surface area contributed by atoms with Crippen LogP contribution < -0.4 is 15.5 Å². The Morgan fingerprint density at radius 1 is 1.05 bits per heavy atom. The largest absolute Gasteiger partial charge is 0.384 e. The van der Waals surface area contributed by atoms with Crippen LogP contribution in [-0.2, 0) is 9.59 Å². The average molecular weight is 529 g/mol. The molecule has 0 saturated carbocycles. The van der Waals surface area contributed by atoms with Gasteiger partial charge in [0.25, 0.3) is 5.91 Å². The predicted octanol–water partition coefficient (Wildman–Crippen LogP) is 5.83. The van der Waals surface area contributed by atoms with Gasteiger partial charge in [0, 0.05) is 40.9 Å². The van der Waals surface area contributed by atoms with Crippen molar-refractivity contribution in [2.75, 3.05) is 16.8 Å². The van der Waals surface area contributed by atoms with Crippen molar-refractivity contribution in [1.29, 1.82) is 0 Å². The van der Waals surface area contributed by atoms with Crippen molar-refractivity contribution in [1.82, 2.24) is 10.3 Å². The van der Waals surface area contributed by atoms with E-state index in [-0.39, 0.29) is 30.1 Å². The number of hydrogen-bond acceptors (Lipinski definition) is 4. The molecule has 6 nitrogen and oxygen atoms in total. The van der Waals surface area contributed by atoms with Crippen molar-refractivity contribution in [2.24, 2.45) is 0 Å². The molecule has 192 valence electrons. The van der Waals surface area contributed by atoms with E-state index >= 15 is 0 Å². The van der Waals surface area contributed by atoms with Gasteiger partial charge in [0.05, 0.1) is 11.6 Å². The highest BCUT2D eigenvalue weighted by molar-refractivity contribution is 6.31. The molecule has 1 fully saturated rings. The van der Waals surface area contributed by atoms with Gasteiger partial charge in [-0.1, -0.05) is 54.1 Å². The number of rotatable bonds is 9. The number of aromatic nitrogens is 1. The summed E-state index contributed by atoms with van der Waals surface area (Å²) in [4.78, 5) is 31.7. The van der Waals surface area contributed by atoms with E-state index < -0.39 is 6.04 Å². The van der Waals surface area contributed by atoms with Crippen molar-refractivity contribution in [3.8, 4) is 0 Å². The number of nitrogens with one attached hydrogen (secondary N) is 2. The Morgan fingerprint density at radius 2 is 1.84 bits per heavy atom. The Kier molecular flexibility index (Phi) is 7.65. The molecule has 38 heavy (non-hydrogen) atoms. The summed E-state index contributed by atoms with van der Waals surface area (Å²) in [5.74, 6) is -0.804. The second-order valence-electron chi connectivity index (χ2n) is 9.04. The molecule has 1 aromatic heterocycles. The van der Waals surface area contributed by atoms with Gasteiger partial charge in [-0.3, -0.25) is 14.6 Å². The van der Waals surface area contributed by atoms with E-state index in [0.717, 1.165) is 22.2 Å². The SMILES string of the molecule is O=C(CCCNc1ccnc2cc(Cl)ccc12)N[C@H]1C(=O)N(c2ccc(F)cc2)[C@H]1/C=C/c1ccccc1. The summed E-state index contributed by atoms with van der Waals surface area (Å²) < 4.78 is 13.4. The number of amides is 2. The van der Waals surface area contributed by atoms with E-state index in [0.29, 0.717) is 23.7 Å². The summed E-state index contributed by atoms with van der Waals surface area (Å²) in [6, 6.07) is 21.8. The third-order valence-electron chi connectivity index (χ3n) is 6.45. The lowest BCUT2D eigenvalue weighted by molar-refractivity contribution is -0.132. The average Bonchev–Trinajstić information content (AvgIpc) is 2.93. The molecule has 3 aromatic carbocycles. The first-order chi connectivity index (χ1) is 18.5. The van der Waals surface area contributed by atoms with E-state index in [9.17, 15) is 14.0 Å². The van der Waals surface area contributed by atoms with Crippen LogP contribution in [0.3, 0.4) is 0 Å². The van der Waals surface area contributed by atoms with Crippen molar-refractivity contribution < 1.29 is 14.0 Å². The normalized spacial score (nSPS) is 17.0. The molecule has 1 saturated heterocycles. The second-order valence-corrected chi connectivity index (χ2v) is 9.48. The Bertz CT molecular complexity index is 1480. The van der Waals surface area contributed by atoms with Crippen LogP contribution in [0.15, 0.2) is 91.1 Å². The summed E-state index contributed by atoms with van der Waals surface area (Å²) in [7, 11) is 0. The van der Waals surface area contributed by atoms with Gasteiger partial charge in [0.15, 0.2) is 0 Å². The zero-order valence-corrected chi connectivity index (χ0v) is 21.2.